The molecular weight excluding hydrogens is 302 g/mol. The normalized spacial score (nSPS) is 29.2. The van der Waals surface area contributed by atoms with Crippen LogP contribution in [-0.4, -0.2) is 60.6 Å². The second-order valence-electron chi connectivity index (χ2n) is 5.70. The highest BCUT2D eigenvalue weighted by molar-refractivity contribution is 5.81. The van der Waals surface area contributed by atoms with E-state index in [1.165, 1.54) is 17.2 Å². The monoisotopic (exact) mass is 323 g/mol. The quantitative estimate of drug-likeness (QED) is 0.421. The number of hydrogen-bond acceptors (Lipinski definition) is 9. The van der Waals surface area contributed by atoms with Crippen molar-refractivity contribution >= 4 is 17.0 Å². The number of aromatic nitrogens is 4. The molecule has 1 aliphatic rings. The van der Waals surface area contributed by atoms with Gasteiger partial charge in [-0.2, -0.15) is 0 Å². The Morgan fingerprint density at radius 3 is 2.78 bits per heavy atom. The fourth-order valence-corrected chi connectivity index (χ4v) is 2.84. The van der Waals surface area contributed by atoms with Crippen molar-refractivity contribution in [1.29, 1.82) is 0 Å². The van der Waals surface area contributed by atoms with Gasteiger partial charge in [0.2, 0.25) is 0 Å². The third-order valence-corrected chi connectivity index (χ3v) is 4.07. The van der Waals surface area contributed by atoms with Crippen LogP contribution in [-0.2, 0) is 4.74 Å². The van der Waals surface area contributed by atoms with Gasteiger partial charge in [0, 0.05) is 6.04 Å². The summed E-state index contributed by atoms with van der Waals surface area (Å²) in [6.45, 7) is 0.457. The maximum absolute atomic E-state index is 10.3. The van der Waals surface area contributed by atoms with Gasteiger partial charge in [-0.05, 0) is 19.4 Å². The summed E-state index contributed by atoms with van der Waals surface area (Å²) >= 11 is 0. The Labute approximate surface area is 132 Å². The number of imidazole rings is 1. The molecule has 0 aliphatic carbocycles. The molecule has 8 N–H and O–H groups in total. The Morgan fingerprint density at radius 2 is 2.04 bits per heavy atom. The number of nitrogens with zero attached hydrogens (tertiary/aromatic N) is 4. The van der Waals surface area contributed by atoms with E-state index in [9.17, 15) is 10.2 Å². The highest BCUT2D eigenvalue weighted by atomic mass is 16.6. The average Bonchev–Trinajstić information content (AvgIpc) is 3.05. The Kier molecular flexibility index (Phi) is 4.41. The lowest BCUT2D eigenvalue weighted by molar-refractivity contribution is -0.0386. The number of anilines is 1. The first-order chi connectivity index (χ1) is 11.0. The van der Waals surface area contributed by atoms with Gasteiger partial charge in [-0.25, -0.2) is 15.0 Å². The van der Waals surface area contributed by atoms with E-state index in [1.807, 2.05) is 0 Å². The van der Waals surface area contributed by atoms with Crippen LogP contribution in [0.2, 0.25) is 0 Å². The number of nitrogen functional groups attached to an aromatic ring is 1. The average molecular weight is 323 g/mol. The van der Waals surface area contributed by atoms with Crippen LogP contribution in [0.1, 0.15) is 19.1 Å². The van der Waals surface area contributed by atoms with Crippen molar-refractivity contribution in [3.05, 3.63) is 12.7 Å². The minimum Gasteiger partial charge on any atom is -0.388 e. The molecule has 0 bridgehead atoms. The predicted molar refractivity (Wildman–Crippen MR) is 81.9 cm³/mol. The molecule has 0 aromatic carbocycles. The van der Waals surface area contributed by atoms with Crippen molar-refractivity contribution in [2.75, 3.05) is 12.3 Å². The zero-order valence-corrected chi connectivity index (χ0v) is 12.5. The van der Waals surface area contributed by atoms with E-state index >= 15 is 0 Å². The lowest BCUT2D eigenvalue weighted by atomic mass is 10.0. The Balaban J connectivity index is 1.84. The Hall–Kier alpha value is -1.85. The molecule has 2 aromatic heterocycles. The third-order valence-electron chi connectivity index (χ3n) is 4.07. The molecule has 0 radical (unpaired) electrons. The highest BCUT2D eigenvalue weighted by Crippen LogP contribution is 2.33. The van der Waals surface area contributed by atoms with Crippen molar-refractivity contribution in [3.8, 4) is 0 Å². The van der Waals surface area contributed by atoms with Crippen LogP contribution in [0, 0.1) is 0 Å². The number of aliphatic hydroxyl groups is 2. The van der Waals surface area contributed by atoms with Gasteiger partial charge in [0.05, 0.1) is 12.4 Å². The van der Waals surface area contributed by atoms with Crippen LogP contribution in [0.15, 0.2) is 12.7 Å². The second-order valence-corrected chi connectivity index (χ2v) is 5.70. The maximum atomic E-state index is 10.3. The minimum absolute atomic E-state index is 0.205. The molecule has 1 saturated heterocycles. The molecule has 3 rings (SSSR count). The summed E-state index contributed by atoms with van der Waals surface area (Å²) in [6.07, 6.45) is 0.188. The van der Waals surface area contributed by atoms with Crippen LogP contribution < -0.4 is 17.2 Å². The summed E-state index contributed by atoms with van der Waals surface area (Å²) in [6, 6.07) is -0.205. The van der Waals surface area contributed by atoms with E-state index in [1.54, 1.807) is 0 Å². The molecular formula is C13H21N7O3. The van der Waals surface area contributed by atoms with E-state index in [2.05, 4.69) is 15.0 Å². The molecule has 1 unspecified atom stereocenters. The SMILES string of the molecule is NCCC(N)C[C@H]1O[C@@H](n2cnc3c(N)ncnc32)[C@H](O)[C@@H]1O. The zero-order chi connectivity index (χ0) is 16.6. The molecule has 0 saturated carbocycles. The Bertz CT molecular complexity index is 679. The van der Waals surface area contributed by atoms with Crippen molar-refractivity contribution in [1.82, 2.24) is 19.5 Å². The molecule has 1 aliphatic heterocycles. The first kappa shape index (κ1) is 16.0. The van der Waals surface area contributed by atoms with Gasteiger partial charge in [-0.15, -0.1) is 0 Å². The van der Waals surface area contributed by atoms with E-state index in [-0.39, 0.29) is 11.9 Å². The van der Waals surface area contributed by atoms with E-state index in [0.29, 0.717) is 30.6 Å². The number of aliphatic hydroxyl groups excluding tert-OH is 2. The summed E-state index contributed by atoms with van der Waals surface area (Å²) in [5, 5.41) is 20.5. The molecule has 0 spiro atoms. The van der Waals surface area contributed by atoms with Crippen molar-refractivity contribution < 1.29 is 14.9 Å². The maximum Gasteiger partial charge on any atom is 0.167 e. The number of ether oxygens (including phenoxy) is 1. The molecule has 126 valence electrons. The van der Waals surface area contributed by atoms with Gasteiger partial charge >= 0.3 is 0 Å². The summed E-state index contributed by atoms with van der Waals surface area (Å²) in [4.78, 5) is 12.1. The van der Waals surface area contributed by atoms with E-state index in [0.717, 1.165) is 0 Å². The first-order valence-electron chi connectivity index (χ1n) is 7.43. The molecule has 1 fully saturated rings. The highest BCUT2D eigenvalue weighted by Gasteiger charge is 2.44. The largest absolute Gasteiger partial charge is 0.388 e. The molecule has 10 heteroatoms. The predicted octanol–water partition coefficient (Wildman–Crippen LogP) is -1.91. The minimum atomic E-state index is -1.13. The molecule has 0 amide bonds. The lowest BCUT2D eigenvalue weighted by Gasteiger charge is -2.18. The molecule has 5 atom stereocenters. The summed E-state index contributed by atoms with van der Waals surface area (Å²) in [5.41, 5.74) is 18.0. The van der Waals surface area contributed by atoms with Crippen LogP contribution >= 0.6 is 0 Å². The smallest absolute Gasteiger partial charge is 0.167 e. The second kappa shape index (κ2) is 6.34. The van der Waals surface area contributed by atoms with Gasteiger partial charge in [-0.1, -0.05) is 0 Å². The lowest BCUT2D eigenvalue weighted by Crippen LogP contribution is -2.36. The van der Waals surface area contributed by atoms with Gasteiger partial charge in [-0.3, -0.25) is 4.57 Å². The number of nitrogens with two attached hydrogens (primary N) is 3. The number of rotatable bonds is 5. The summed E-state index contributed by atoms with van der Waals surface area (Å²) in [7, 11) is 0. The summed E-state index contributed by atoms with van der Waals surface area (Å²) in [5.74, 6) is 0.239. The van der Waals surface area contributed by atoms with E-state index < -0.39 is 24.5 Å². The van der Waals surface area contributed by atoms with Gasteiger partial charge in [0.1, 0.15) is 24.1 Å². The first-order valence-corrected chi connectivity index (χ1v) is 7.43. The fraction of sp³-hybridized carbons (Fsp3) is 0.615. The molecule has 23 heavy (non-hydrogen) atoms. The van der Waals surface area contributed by atoms with Crippen LogP contribution in [0.3, 0.4) is 0 Å². The van der Waals surface area contributed by atoms with Gasteiger partial charge in [0.25, 0.3) is 0 Å². The third kappa shape index (κ3) is 2.86. The van der Waals surface area contributed by atoms with Crippen LogP contribution in [0.25, 0.3) is 11.2 Å². The van der Waals surface area contributed by atoms with E-state index in [4.69, 9.17) is 21.9 Å². The standard InChI is InChI=1S/C13H21N7O3/c14-2-1-6(15)3-7-9(21)10(22)13(23-7)20-5-19-8-11(16)17-4-18-12(8)20/h4-7,9-10,13,21-22H,1-3,14-15H2,(H2,16,17,18)/t6?,7-,9-,10-,13-/m1/s1. The number of hydrogen-bond donors (Lipinski definition) is 5. The van der Waals surface area contributed by atoms with Crippen molar-refractivity contribution in [2.45, 2.75) is 43.4 Å². The topological polar surface area (TPSA) is 171 Å². The number of fused-ring (bicyclic) bond motifs is 1. The zero-order valence-electron chi connectivity index (χ0n) is 12.5. The summed E-state index contributed by atoms with van der Waals surface area (Å²) < 4.78 is 7.33. The van der Waals surface area contributed by atoms with Crippen molar-refractivity contribution in [2.24, 2.45) is 11.5 Å². The fourth-order valence-electron chi connectivity index (χ4n) is 2.84. The Morgan fingerprint density at radius 1 is 1.26 bits per heavy atom. The van der Waals surface area contributed by atoms with Gasteiger partial charge < -0.3 is 32.2 Å². The van der Waals surface area contributed by atoms with Gasteiger partial charge in [0.15, 0.2) is 17.7 Å². The van der Waals surface area contributed by atoms with Crippen LogP contribution in [0.5, 0.6) is 0 Å². The molecule has 10 nitrogen and oxygen atoms in total. The molecule has 3 heterocycles. The van der Waals surface area contributed by atoms with Crippen LogP contribution in [0.4, 0.5) is 5.82 Å². The van der Waals surface area contributed by atoms with Crippen molar-refractivity contribution in [3.63, 3.8) is 0 Å². The molecule has 2 aromatic rings.